The lowest BCUT2D eigenvalue weighted by molar-refractivity contribution is 0.0593. The topological polar surface area (TPSA) is 56.5 Å². The molecule has 0 atom stereocenters. The van der Waals surface area contributed by atoms with Gasteiger partial charge in [-0.25, -0.2) is 14.8 Å². The summed E-state index contributed by atoms with van der Waals surface area (Å²) in [4.78, 5) is 19.6. The van der Waals surface area contributed by atoms with Gasteiger partial charge in [-0.3, -0.25) is 0 Å². The number of carbonyl (C=O) groups is 1. The maximum atomic E-state index is 11.3. The lowest BCUT2D eigenvalue weighted by atomic mass is 10.4. The minimum atomic E-state index is -0.469. The summed E-state index contributed by atoms with van der Waals surface area (Å²) in [7, 11) is 1.32. The van der Waals surface area contributed by atoms with Crippen molar-refractivity contribution in [2.45, 2.75) is 6.92 Å². The molecule has 0 aliphatic carbocycles. The second-order valence-corrected chi connectivity index (χ2v) is 3.77. The third-order valence-electron chi connectivity index (χ3n) is 1.91. The van der Waals surface area contributed by atoms with Gasteiger partial charge in [-0.15, -0.1) is 0 Å². The van der Waals surface area contributed by atoms with Crippen molar-refractivity contribution in [1.29, 1.82) is 0 Å². The number of carbonyl (C=O) groups excluding carboxylic acids is 1. The van der Waals surface area contributed by atoms with Crippen LogP contribution in [0.4, 0.5) is 0 Å². The van der Waals surface area contributed by atoms with Crippen molar-refractivity contribution in [2.75, 3.05) is 7.11 Å². The Morgan fingerprint density at radius 3 is 2.87 bits per heavy atom. The molecule has 15 heavy (non-hydrogen) atoms. The Morgan fingerprint density at radius 1 is 1.47 bits per heavy atom. The van der Waals surface area contributed by atoms with Gasteiger partial charge in [0.1, 0.15) is 4.60 Å². The number of fused-ring (bicyclic) bond motifs is 1. The number of esters is 1. The Morgan fingerprint density at radius 2 is 2.20 bits per heavy atom. The standard InChI is InChI=1S/C9H8BrN3O2/c1-5-3-13-4-6(9(14)15-2)12-7(10)8(13)11-5/h3-4H,1-2H3. The minimum absolute atomic E-state index is 0.245. The number of nitrogens with zero attached hydrogens (tertiary/aromatic N) is 3. The molecule has 0 saturated carbocycles. The summed E-state index contributed by atoms with van der Waals surface area (Å²) >= 11 is 3.26. The van der Waals surface area contributed by atoms with Crippen molar-refractivity contribution < 1.29 is 9.53 Å². The van der Waals surface area contributed by atoms with Crippen molar-refractivity contribution in [2.24, 2.45) is 0 Å². The summed E-state index contributed by atoms with van der Waals surface area (Å²) in [6.45, 7) is 1.87. The van der Waals surface area contributed by atoms with E-state index in [2.05, 4.69) is 30.6 Å². The Bertz CT molecular complexity index is 535. The molecule has 5 nitrogen and oxygen atoms in total. The lowest BCUT2D eigenvalue weighted by Gasteiger charge is -2.00. The number of rotatable bonds is 1. The molecular weight excluding hydrogens is 262 g/mol. The largest absolute Gasteiger partial charge is 0.464 e. The zero-order chi connectivity index (χ0) is 11.0. The van der Waals surface area contributed by atoms with Gasteiger partial charge in [-0.1, -0.05) is 0 Å². The Balaban J connectivity index is 2.66. The normalized spacial score (nSPS) is 10.6. The predicted molar refractivity (Wildman–Crippen MR) is 56.8 cm³/mol. The highest BCUT2D eigenvalue weighted by Crippen LogP contribution is 2.16. The van der Waals surface area contributed by atoms with Crippen LogP contribution >= 0.6 is 15.9 Å². The van der Waals surface area contributed by atoms with Crippen LogP contribution in [-0.2, 0) is 4.74 Å². The third kappa shape index (κ3) is 1.72. The van der Waals surface area contributed by atoms with Crippen molar-refractivity contribution >= 4 is 27.5 Å². The van der Waals surface area contributed by atoms with Crippen molar-refractivity contribution in [1.82, 2.24) is 14.4 Å². The first kappa shape index (κ1) is 10.1. The van der Waals surface area contributed by atoms with Crippen molar-refractivity contribution in [3.63, 3.8) is 0 Å². The molecule has 2 aromatic heterocycles. The van der Waals surface area contributed by atoms with Gasteiger partial charge in [0.15, 0.2) is 11.3 Å². The molecule has 0 spiro atoms. The minimum Gasteiger partial charge on any atom is -0.464 e. The maximum absolute atomic E-state index is 11.3. The molecule has 0 unspecified atom stereocenters. The number of ether oxygens (including phenoxy) is 1. The van der Waals surface area contributed by atoms with E-state index in [0.717, 1.165) is 5.69 Å². The van der Waals surface area contributed by atoms with E-state index >= 15 is 0 Å². The fourth-order valence-electron chi connectivity index (χ4n) is 1.29. The molecule has 0 aliphatic rings. The average molecular weight is 270 g/mol. The fraction of sp³-hybridized carbons (Fsp3) is 0.222. The molecule has 0 radical (unpaired) electrons. The number of hydrogen-bond donors (Lipinski definition) is 0. The first-order chi connectivity index (χ1) is 7.11. The summed E-state index contributed by atoms with van der Waals surface area (Å²) in [6, 6.07) is 0. The number of aryl methyl sites for hydroxylation is 1. The predicted octanol–water partition coefficient (Wildman–Crippen LogP) is 1.59. The lowest BCUT2D eigenvalue weighted by Crippen LogP contribution is -2.06. The molecule has 2 aromatic rings. The van der Waals surface area contributed by atoms with Gasteiger partial charge in [0, 0.05) is 12.4 Å². The Kier molecular flexibility index (Phi) is 2.44. The van der Waals surface area contributed by atoms with Gasteiger partial charge in [-0.05, 0) is 22.9 Å². The van der Waals surface area contributed by atoms with Gasteiger partial charge in [0.2, 0.25) is 0 Å². The highest BCUT2D eigenvalue weighted by molar-refractivity contribution is 9.10. The number of methoxy groups -OCH3 is 1. The first-order valence-corrected chi connectivity index (χ1v) is 5.01. The summed E-state index contributed by atoms with van der Waals surface area (Å²) in [5.74, 6) is -0.469. The second kappa shape index (κ2) is 3.62. The fourth-order valence-corrected chi connectivity index (χ4v) is 1.77. The molecule has 2 rings (SSSR count). The van der Waals surface area contributed by atoms with Crippen molar-refractivity contribution in [3.05, 3.63) is 28.4 Å². The number of halogens is 1. The van der Waals surface area contributed by atoms with Gasteiger partial charge < -0.3 is 9.14 Å². The molecule has 0 bridgehead atoms. The number of aromatic nitrogens is 3. The van der Waals surface area contributed by atoms with Crippen molar-refractivity contribution in [3.8, 4) is 0 Å². The van der Waals surface area contributed by atoms with Crippen LogP contribution in [0.2, 0.25) is 0 Å². The molecule has 0 fully saturated rings. The van der Waals surface area contributed by atoms with Crippen LogP contribution < -0.4 is 0 Å². The summed E-state index contributed by atoms with van der Waals surface area (Å²) in [5, 5.41) is 0. The highest BCUT2D eigenvalue weighted by Gasteiger charge is 2.12. The molecular formula is C9H8BrN3O2. The van der Waals surface area contributed by atoms with Gasteiger partial charge >= 0.3 is 5.97 Å². The zero-order valence-electron chi connectivity index (χ0n) is 8.19. The molecule has 0 aromatic carbocycles. The zero-order valence-corrected chi connectivity index (χ0v) is 9.78. The van der Waals surface area contributed by atoms with Crippen LogP contribution in [-0.4, -0.2) is 27.4 Å². The highest BCUT2D eigenvalue weighted by atomic mass is 79.9. The quantitative estimate of drug-likeness (QED) is 0.738. The monoisotopic (exact) mass is 269 g/mol. The van der Waals surface area contributed by atoms with Crippen LogP contribution in [0.3, 0.4) is 0 Å². The van der Waals surface area contributed by atoms with Gasteiger partial charge in [-0.2, -0.15) is 0 Å². The Labute approximate surface area is 94.2 Å². The molecule has 0 amide bonds. The van der Waals surface area contributed by atoms with E-state index in [1.807, 2.05) is 13.1 Å². The van der Waals surface area contributed by atoms with E-state index < -0.39 is 5.97 Å². The summed E-state index contributed by atoms with van der Waals surface area (Å²) in [5.41, 5.74) is 1.79. The molecule has 0 N–H and O–H groups in total. The van der Waals surface area contributed by atoms with E-state index in [9.17, 15) is 4.79 Å². The van der Waals surface area contributed by atoms with Crippen LogP contribution in [0, 0.1) is 6.92 Å². The van der Waals surface area contributed by atoms with Gasteiger partial charge in [0.05, 0.1) is 12.8 Å². The van der Waals surface area contributed by atoms with E-state index in [-0.39, 0.29) is 5.69 Å². The molecule has 2 heterocycles. The van der Waals surface area contributed by atoms with Crippen LogP contribution in [0.25, 0.3) is 5.65 Å². The third-order valence-corrected chi connectivity index (χ3v) is 2.44. The summed E-state index contributed by atoms with van der Waals surface area (Å²) < 4.78 is 6.85. The van der Waals surface area contributed by atoms with Crippen LogP contribution in [0.15, 0.2) is 17.0 Å². The van der Waals surface area contributed by atoms with Crippen LogP contribution in [0.1, 0.15) is 16.2 Å². The van der Waals surface area contributed by atoms with E-state index in [1.54, 1.807) is 10.6 Å². The molecule has 78 valence electrons. The SMILES string of the molecule is COC(=O)c1cn2cc(C)nc2c(Br)n1. The first-order valence-electron chi connectivity index (χ1n) is 4.22. The number of hydrogen-bond acceptors (Lipinski definition) is 4. The molecule has 6 heteroatoms. The number of imidazole rings is 1. The van der Waals surface area contributed by atoms with E-state index in [1.165, 1.54) is 7.11 Å². The van der Waals surface area contributed by atoms with E-state index in [0.29, 0.717) is 10.3 Å². The van der Waals surface area contributed by atoms with Gasteiger partial charge in [0.25, 0.3) is 0 Å². The van der Waals surface area contributed by atoms with E-state index in [4.69, 9.17) is 0 Å². The summed E-state index contributed by atoms with van der Waals surface area (Å²) in [6.07, 6.45) is 3.40. The van der Waals surface area contributed by atoms with Crippen LogP contribution in [0.5, 0.6) is 0 Å². The Hall–Kier alpha value is -1.43. The average Bonchev–Trinajstić information content (AvgIpc) is 2.58. The maximum Gasteiger partial charge on any atom is 0.358 e. The smallest absolute Gasteiger partial charge is 0.358 e. The molecule has 0 saturated heterocycles. The molecule has 0 aliphatic heterocycles. The second-order valence-electron chi connectivity index (χ2n) is 3.02.